The van der Waals surface area contributed by atoms with E-state index in [-0.39, 0.29) is 24.5 Å². The Bertz CT molecular complexity index is 1230. The number of carbonyl (C=O) groups is 2. The largest absolute Gasteiger partial charge is 0.489 e. The number of amides is 2. The Morgan fingerprint density at radius 3 is 2.61 bits per heavy atom. The van der Waals surface area contributed by atoms with Gasteiger partial charge in [0.05, 0.1) is 19.1 Å². The Balaban J connectivity index is 1.35. The summed E-state index contributed by atoms with van der Waals surface area (Å²) in [4.78, 5) is 31.9. The highest BCUT2D eigenvalue weighted by Gasteiger charge is 2.27. The second kappa shape index (κ2) is 10.4. The lowest BCUT2D eigenvalue weighted by Gasteiger charge is -2.26. The minimum atomic E-state index is -0.422. The summed E-state index contributed by atoms with van der Waals surface area (Å²) in [5.74, 6) is 0.0243. The van der Waals surface area contributed by atoms with Crippen LogP contribution in [0.15, 0.2) is 53.0 Å². The number of morpholine rings is 1. The molecule has 3 aliphatic heterocycles. The lowest BCUT2D eigenvalue weighted by Crippen LogP contribution is -2.35. The Kier molecular flexibility index (Phi) is 7.03. The van der Waals surface area contributed by atoms with E-state index in [0.717, 1.165) is 67.3 Å². The topological polar surface area (TPSA) is 80.2 Å². The average Bonchev–Trinajstić information content (AvgIpc) is 3.24. The third-order valence-corrected chi connectivity index (χ3v) is 7.07. The predicted molar refractivity (Wildman–Crippen MR) is 139 cm³/mol. The number of hydrogen-bond donors (Lipinski definition) is 1. The molecular formula is C29H33N3O4. The van der Waals surface area contributed by atoms with Gasteiger partial charge in [0.2, 0.25) is 0 Å². The van der Waals surface area contributed by atoms with Crippen molar-refractivity contribution in [3.63, 3.8) is 0 Å². The molecule has 0 aliphatic carbocycles. The number of benzene rings is 2. The Hall–Kier alpha value is -3.29. The predicted octanol–water partition coefficient (Wildman–Crippen LogP) is 3.80. The third kappa shape index (κ3) is 5.27. The monoisotopic (exact) mass is 487 g/mol. The van der Waals surface area contributed by atoms with Crippen LogP contribution in [-0.4, -0.2) is 61.4 Å². The molecule has 0 bridgehead atoms. The number of fused-ring (bicyclic) bond motifs is 1. The van der Waals surface area contributed by atoms with Crippen molar-refractivity contribution in [3.8, 4) is 16.9 Å². The molecule has 188 valence electrons. The molecule has 5 rings (SSSR count). The number of nitrogens with zero attached hydrogens (tertiary/aromatic N) is 2. The molecule has 2 aromatic rings. The van der Waals surface area contributed by atoms with Crippen molar-refractivity contribution in [2.75, 3.05) is 32.8 Å². The van der Waals surface area contributed by atoms with Gasteiger partial charge in [-0.15, -0.1) is 0 Å². The Labute approximate surface area is 212 Å². The standard InChI is InChI=1S/C29H33N3O4/c1-18-12-19(2)31-29(34)26(18)16-30-28(33)24-14-23-13-20(3)36-27(23)25(15-24)22-6-4-21(5-7-22)17-32-8-10-35-11-9-32/h4-7,12,14-15,20,26H,8-11,13,16-17H2,1-3H3,(H,30,33). The van der Waals surface area contributed by atoms with Gasteiger partial charge < -0.3 is 14.8 Å². The molecule has 3 heterocycles. The first kappa shape index (κ1) is 24.4. The van der Waals surface area contributed by atoms with E-state index in [9.17, 15) is 9.59 Å². The van der Waals surface area contributed by atoms with Crippen molar-refractivity contribution in [2.24, 2.45) is 10.9 Å². The number of aliphatic imine (C=N–C) groups is 1. The fourth-order valence-corrected chi connectivity index (χ4v) is 5.14. The second-order valence-electron chi connectivity index (χ2n) is 9.97. The molecule has 36 heavy (non-hydrogen) atoms. The van der Waals surface area contributed by atoms with Gasteiger partial charge in [-0.05, 0) is 55.7 Å². The van der Waals surface area contributed by atoms with Gasteiger partial charge >= 0.3 is 0 Å². The number of rotatable bonds is 6. The highest BCUT2D eigenvalue weighted by Crippen LogP contribution is 2.40. The smallest absolute Gasteiger partial charge is 0.254 e. The first-order valence-corrected chi connectivity index (χ1v) is 12.7. The molecule has 0 radical (unpaired) electrons. The summed E-state index contributed by atoms with van der Waals surface area (Å²) < 4.78 is 11.6. The molecule has 1 fully saturated rings. The molecule has 0 aromatic heterocycles. The van der Waals surface area contributed by atoms with Crippen molar-refractivity contribution in [1.29, 1.82) is 0 Å². The summed E-state index contributed by atoms with van der Waals surface area (Å²) in [5, 5.41) is 2.95. The van der Waals surface area contributed by atoms with Gasteiger partial charge in [-0.2, -0.15) is 0 Å². The second-order valence-corrected chi connectivity index (χ2v) is 9.97. The van der Waals surface area contributed by atoms with E-state index in [0.29, 0.717) is 11.3 Å². The van der Waals surface area contributed by atoms with Crippen LogP contribution >= 0.6 is 0 Å². The molecule has 0 spiro atoms. The van der Waals surface area contributed by atoms with Crippen molar-refractivity contribution in [2.45, 2.75) is 39.8 Å². The highest BCUT2D eigenvalue weighted by atomic mass is 16.5. The maximum atomic E-state index is 13.2. The maximum Gasteiger partial charge on any atom is 0.254 e. The van der Waals surface area contributed by atoms with Gasteiger partial charge in [-0.1, -0.05) is 29.8 Å². The van der Waals surface area contributed by atoms with E-state index in [1.807, 2.05) is 32.1 Å². The molecule has 1 N–H and O–H groups in total. The summed E-state index contributed by atoms with van der Waals surface area (Å²) >= 11 is 0. The first-order chi connectivity index (χ1) is 17.4. The van der Waals surface area contributed by atoms with Gasteiger partial charge in [0.25, 0.3) is 11.8 Å². The van der Waals surface area contributed by atoms with Crippen LogP contribution in [0.2, 0.25) is 0 Å². The van der Waals surface area contributed by atoms with Crippen molar-refractivity contribution in [3.05, 3.63) is 64.7 Å². The van der Waals surface area contributed by atoms with E-state index < -0.39 is 5.92 Å². The van der Waals surface area contributed by atoms with Crippen molar-refractivity contribution >= 4 is 17.5 Å². The zero-order chi connectivity index (χ0) is 25.2. The molecule has 3 aliphatic rings. The van der Waals surface area contributed by atoms with E-state index in [1.165, 1.54) is 5.56 Å². The highest BCUT2D eigenvalue weighted by molar-refractivity contribution is 6.06. The van der Waals surface area contributed by atoms with Crippen molar-refractivity contribution in [1.82, 2.24) is 10.2 Å². The molecular weight excluding hydrogens is 454 g/mol. The summed E-state index contributed by atoms with van der Waals surface area (Å²) in [5.41, 5.74) is 6.42. The number of carbonyl (C=O) groups excluding carboxylic acids is 2. The minimum absolute atomic E-state index is 0.0615. The molecule has 2 atom stereocenters. The first-order valence-electron chi connectivity index (χ1n) is 12.7. The molecule has 2 unspecified atom stereocenters. The number of ether oxygens (including phenoxy) is 2. The Morgan fingerprint density at radius 1 is 1.14 bits per heavy atom. The van der Waals surface area contributed by atoms with Crippen LogP contribution < -0.4 is 10.1 Å². The van der Waals surface area contributed by atoms with E-state index in [1.54, 1.807) is 6.92 Å². The third-order valence-electron chi connectivity index (χ3n) is 7.07. The van der Waals surface area contributed by atoms with Crippen LogP contribution in [0.4, 0.5) is 0 Å². The van der Waals surface area contributed by atoms with E-state index >= 15 is 0 Å². The SMILES string of the molecule is CC1=CC(C)=NC(=O)C1CNC(=O)c1cc2c(c(-c3ccc(CN4CCOCC4)cc3)c1)OC(C)C2. The minimum Gasteiger partial charge on any atom is -0.489 e. The van der Waals surface area contributed by atoms with Crippen LogP contribution in [0.1, 0.15) is 42.3 Å². The zero-order valence-electron chi connectivity index (χ0n) is 21.2. The number of nitrogens with one attached hydrogen (secondary N) is 1. The van der Waals surface area contributed by atoms with Gasteiger partial charge in [0.15, 0.2) is 0 Å². The normalized spacial score (nSPS) is 21.9. The summed E-state index contributed by atoms with van der Waals surface area (Å²) in [6, 6.07) is 12.3. The average molecular weight is 488 g/mol. The number of hydrogen-bond acceptors (Lipinski definition) is 5. The number of dihydropyridines is 1. The quantitative estimate of drug-likeness (QED) is 0.671. The molecule has 7 heteroatoms. The number of allylic oxidation sites excluding steroid dienone is 1. The van der Waals surface area contributed by atoms with Crippen molar-refractivity contribution < 1.29 is 19.1 Å². The molecule has 2 aromatic carbocycles. The lowest BCUT2D eigenvalue weighted by molar-refractivity contribution is -0.120. The summed E-state index contributed by atoms with van der Waals surface area (Å²) in [7, 11) is 0. The van der Waals surface area contributed by atoms with Crippen LogP contribution in [0.5, 0.6) is 5.75 Å². The van der Waals surface area contributed by atoms with Gasteiger partial charge in [-0.3, -0.25) is 14.5 Å². The van der Waals surface area contributed by atoms with Gasteiger partial charge in [0.1, 0.15) is 11.9 Å². The zero-order valence-corrected chi connectivity index (χ0v) is 21.2. The van der Waals surface area contributed by atoms with E-state index in [2.05, 4.69) is 39.5 Å². The fraction of sp³-hybridized carbons (Fsp3) is 0.414. The fourth-order valence-electron chi connectivity index (χ4n) is 5.14. The van der Waals surface area contributed by atoms with Crippen LogP contribution in [0.3, 0.4) is 0 Å². The summed E-state index contributed by atoms with van der Waals surface area (Å²) in [6.07, 6.45) is 2.72. The summed E-state index contributed by atoms with van der Waals surface area (Å²) in [6.45, 7) is 10.3. The van der Waals surface area contributed by atoms with E-state index in [4.69, 9.17) is 9.47 Å². The Morgan fingerprint density at radius 2 is 1.89 bits per heavy atom. The van der Waals surface area contributed by atoms with Crippen LogP contribution in [0.25, 0.3) is 11.1 Å². The lowest BCUT2D eigenvalue weighted by atomic mass is 9.95. The maximum absolute atomic E-state index is 13.2. The molecule has 1 saturated heterocycles. The molecule has 7 nitrogen and oxygen atoms in total. The van der Waals surface area contributed by atoms with Gasteiger partial charge in [0, 0.05) is 49.4 Å². The van der Waals surface area contributed by atoms with Crippen LogP contribution in [0, 0.1) is 5.92 Å². The van der Waals surface area contributed by atoms with Crippen LogP contribution in [-0.2, 0) is 22.5 Å². The molecule has 2 amide bonds. The molecule has 0 saturated carbocycles. The van der Waals surface area contributed by atoms with Gasteiger partial charge in [-0.25, -0.2) is 4.99 Å².